The van der Waals surface area contributed by atoms with Crippen molar-refractivity contribution in [2.45, 2.75) is 6.92 Å². The van der Waals surface area contributed by atoms with Gasteiger partial charge in [0.1, 0.15) is 5.82 Å². The SMILES string of the molecule is CCNC(=O)CNc1nc(NN)ncc1Br. The summed E-state index contributed by atoms with van der Waals surface area (Å²) in [6.07, 6.45) is 1.54. The highest BCUT2D eigenvalue weighted by Crippen LogP contribution is 2.19. The van der Waals surface area contributed by atoms with Crippen LogP contribution >= 0.6 is 15.9 Å². The van der Waals surface area contributed by atoms with Crippen LogP contribution in [0.1, 0.15) is 6.92 Å². The predicted octanol–water partition coefficient (Wildman–Crippen LogP) is 0.0727. The minimum absolute atomic E-state index is 0.102. The van der Waals surface area contributed by atoms with Crippen molar-refractivity contribution in [1.29, 1.82) is 0 Å². The number of nitrogens with two attached hydrogens (primary N) is 1. The van der Waals surface area contributed by atoms with Gasteiger partial charge in [0.25, 0.3) is 0 Å². The maximum Gasteiger partial charge on any atom is 0.239 e. The topological polar surface area (TPSA) is 105 Å². The Bertz CT molecular complexity index is 372. The average molecular weight is 289 g/mol. The first kappa shape index (κ1) is 12.7. The Morgan fingerprint density at radius 2 is 2.38 bits per heavy atom. The Kier molecular flexibility index (Phi) is 4.93. The first-order chi connectivity index (χ1) is 7.67. The summed E-state index contributed by atoms with van der Waals surface area (Å²) in [5.41, 5.74) is 2.32. The zero-order valence-electron chi connectivity index (χ0n) is 8.75. The zero-order chi connectivity index (χ0) is 12.0. The Hall–Kier alpha value is -1.41. The summed E-state index contributed by atoms with van der Waals surface area (Å²) >= 11 is 3.26. The summed E-state index contributed by atoms with van der Waals surface area (Å²) in [4.78, 5) is 19.1. The molecule has 0 aromatic carbocycles. The lowest BCUT2D eigenvalue weighted by atomic mass is 10.5. The van der Waals surface area contributed by atoms with Crippen molar-refractivity contribution in [2.75, 3.05) is 23.8 Å². The van der Waals surface area contributed by atoms with Gasteiger partial charge in [0, 0.05) is 12.7 Å². The van der Waals surface area contributed by atoms with Gasteiger partial charge < -0.3 is 10.6 Å². The highest BCUT2D eigenvalue weighted by molar-refractivity contribution is 9.10. The van der Waals surface area contributed by atoms with Crippen molar-refractivity contribution in [3.05, 3.63) is 10.7 Å². The fourth-order valence-electron chi connectivity index (χ4n) is 0.984. The molecular formula is C8H13BrN6O. The molecule has 0 unspecified atom stereocenters. The molecule has 0 aliphatic heterocycles. The van der Waals surface area contributed by atoms with Crippen LogP contribution < -0.4 is 21.9 Å². The van der Waals surface area contributed by atoms with E-state index in [4.69, 9.17) is 5.84 Å². The van der Waals surface area contributed by atoms with Crippen molar-refractivity contribution in [3.8, 4) is 0 Å². The minimum atomic E-state index is -0.102. The van der Waals surface area contributed by atoms with Crippen molar-refractivity contribution in [1.82, 2.24) is 15.3 Å². The summed E-state index contributed by atoms with van der Waals surface area (Å²) in [5, 5.41) is 5.53. The van der Waals surface area contributed by atoms with Crippen molar-refractivity contribution >= 4 is 33.6 Å². The van der Waals surface area contributed by atoms with Crippen molar-refractivity contribution in [2.24, 2.45) is 5.84 Å². The molecule has 88 valence electrons. The standard InChI is InChI=1S/C8H13BrN6O/c1-2-11-6(16)4-12-7-5(9)3-13-8(14-7)15-10/h3H,2,4,10H2,1H3,(H,11,16)(H2,12,13,14,15). The van der Waals surface area contributed by atoms with Gasteiger partial charge in [-0.25, -0.2) is 10.8 Å². The molecule has 1 rings (SSSR count). The van der Waals surface area contributed by atoms with Gasteiger partial charge in [-0.1, -0.05) is 0 Å². The molecule has 1 heterocycles. The van der Waals surface area contributed by atoms with E-state index in [1.165, 1.54) is 0 Å². The van der Waals surface area contributed by atoms with Gasteiger partial charge in [-0.3, -0.25) is 10.2 Å². The summed E-state index contributed by atoms with van der Waals surface area (Å²) < 4.78 is 0.663. The number of hydrazine groups is 1. The molecule has 8 heteroatoms. The number of anilines is 2. The summed E-state index contributed by atoms with van der Waals surface area (Å²) in [6.45, 7) is 2.60. The first-order valence-electron chi connectivity index (χ1n) is 4.67. The van der Waals surface area contributed by atoms with Crippen LogP contribution in [-0.4, -0.2) is 29.0 Å². The normalized spacial score (nSPS) is 9.69. The number of nitrogen functional groups attached to an aromatic ring is 1. The lowest BCUT2D eigenvalue weighted by Crippen LogP contribution is -2.29. The Morgan fingerprint density at radius 3 is 3.00 bits per heavy atom. The fourth-order valence-corrected chi connectivity index (χ4v) is 1.32. The number of aromatic nitrogens is 2. The van der Waals surface area contributed by atoms with Crippen LogP contribution in [0.25, 0.3) is 0 Å². The number of hydrogen-bond donors (Lipinski definition) is 4. The number of rotatable bonds is 5. The Balaban J connectivity index is 2.62. The molecule has 0 aliphatic carbocycles. The maximum atomic E-state index is 11.2. The zero-order valence-corrected chi connectivity index (χ0v) is 10.3. The van der Waals surface area contributed by atoms with Gasteiger partial charge in [0.05, 0.1) is 11.0 Å². The number of halogens is 1. The number of carbonyl (C=O) groups is 1. The van der Waals surface area contributed by atoms with Gasteiger partial charge >= 0.3 is 0 Å². The molecule has 1 aromatic heterocycles. The molecule has 0 fully saturated rings. The van der Waals surface area contributed by atoms with E-state index >= 15 is 0 Å². The Morgan fingerprint density at radius 1 is 1.62 bits per heavy atom. The van der Waals surface area contributed by atoms with E-state index in [0.29, 0.717) is 16.8 Å². The first-order valence-corrected chi connectivity index (χ1v) is 5.46. The molecule has 1 aromatic rings. The second-order valence-corrected chi connectivity index (χ2v) is 3.70. The van der Waals surface area contributed by atoms with Crippen LogP contribution in [0.4, 0.5) is 11.8 Å². The molecule has 0 spiro atoms. The van der Waals surface area contributed by atoms with Gasteiger partial charge in [0.2, 0.25) is 11.9 Å². The van der Waals surface area contributed by atoms with Gasteiger partial charge in [-0.15, -0.1) is 0 Å². The second kappa shape index (κ2) is 6.23. The third-order valence-corrected chi connectivity index (χ3v) is 2.24. The lowest BCUT2D eigenvalue weighted by Gasteiger charge is -2.08. The van der Waals surface area contributed by atoms with Crippen LogP contribution in [0.2, 0.25) is 0 Å². The molecule has 0 atom stereocenters. The molecule has 0 bridgehead atoms. The quantitative estimate of drug-likeness (QED) is 0.452. The lowest BCUT2D eigenvalue weighted by molar-refractivity contribution is -0.119. The van der Waals surface area contributed by atoms with Crippen LogP contribution in [0.15, 0.2) is 10.7 Å². The smallest absolute Gasteiger partial charge is 0.239 e. The number of hydrogen-bond acceptors (Lipinski definition) is 6. The van der Waals surface area contributed by atoms with E-state index in [9.17, 15) is 4.79 Å². The van der Waals surface area contributed by atoms with E-state index in [2.05, 4.69) is 42.0 Å². The van der Waals surface area contributed by atoms with Crippen molar-refractivity contribution in [3.63, 3.8) is 0 Å². The minimum Gasteiger partial charge on any atom is -0.360 e. The van der Waals surface area contributed by atoms with Crippen LogP contribution in [0.3, 0.4) is 0 Å². The van der Waals surface area contributed by atoms with Gasteiger partial charge in [-0.2, -0.15) is 4.98 Å². The van der Waals surface area contributed by atoms with Gasteiger partial charge in [0.15, 0.2) is 0 Å². The van der Waals surface area contributed by atoms with Crippen LogP contribution in [0.5, 0.6) is 0 Å². The number of nitrogens with zero attached hydrogens (tertiary/aromatic N) is 2. The van der Waals surface area contributed by atoms with E-state index in [-0.39, 0.29) is 18.4 Å². The number of nitrogens with one attached hydrogen (secondary N) is 3. The maximum absolute atomic E-state index is 11.2. The molecule has 0 saturated carbocycles. The highest BCUT2D eigenvalue weighted by Gasteiger charge is 2.05. The molecule has 16 heavy (non-hydrogen) atoms. The molecule has 7 nitrogen and oxygen atoms in total. The van der Waals surface area contributed by atoms with E-state index in [1.54, 1.807) is 6.20 Å². The molecule has 0 saturated heterocycles. The summed E-state index contributed by atoms with van der Waals surface area (Å²) in [5.74, 6) is 5.86. The van der Waals surface area contributed by atoms with Crippen LogP contribution in [-0.2, 0) is 4.79 Å². The molecule has 0 aliphatic rings. The van der Waals surface area contributed by atoms with E-state index in [0.717, 1.165) is 0 Å². The second-order valence-electron chi connectivity index (χ2n) is 2.84. The molecule has 5 N–H and O–H groups in total. The van der Waals surface area contributed by atoms with Crippen LogP contribution in [0, 0.1) is 0 Å². The van der Waals surface area contributed by atoms with E-state index < -0.39 is 0 Å². The predicted molar refractivity (Wildman–Crippen MR) is 64.7 cm³/mol. The highest BCUT2D eigenvalue weighted by atomic mass is 79.9. The summed E-state index contributed by atoms with van der Waals surface area (Å²) in [6, 6.07) is 0. The average Bonchev–Trinajstić information content (AvgIpc) is 2.28. The Labute approximate surface area is 101 Å². The fraction of sp³-hybridized carbons (Fsp3) is 0.375. The number of amides is 1. The third-order valence-electron chi connectivity index (χ3n) is 1.66. The van der Waals surface area contributed by atoms with Gasteiger partial charge in [-0.05, 0) is 22.9 Å². The monoisotopic (exact) mass is 288 g/mol. The molecule has 1 amide bonds. The number of carbonyl (C=O) groups excluding carboxylic acids is 1. The largest absolute Gasteiger partial charge is 0.360 e. The number of likely N-dealkylation sites (N-methyl/N-ethyl adjacent to an activating group) is 1. The van der Waals surface area contributed by atoms with E-state index in [1.807, 2.05) is 6.92 Å². The summed E-state index contributed by atoms with van der Waals surface area (Å²) in [7, 11) is 0. The molecular weight excluding hydrogens is 276 g/mol. The molecule has 0 radical (unpaired) electrons. The third kappa shape index (κ3) is 3.63. The van der Waals surface area contributed by atoms with Crippen molar-refractivity contribution < 1.29 is 4.79 Å².